The molecule has 5 heteroatoms. The van der Waals surface area contributed by atoms with Gasteiger partial charge in [-0.2, -0.15) is 13.2 Å². The normalized spacial score (nSPS) is 13.0. The van der Waals surface area contributed by atoms with Crippen molar-refractivity contribution in [2.45, 2.75) is 6.18 Å². The molecule has 0 atom stereocenters. The molecule has 0 saturated heterocycles. The maximum absolute atomic E-state index is 12.2. The number of aliphatic hydroxyl groups excluding tert-OH is 1. The van der Waals surface area contributed by atoms with E-state index in [1.54, 1.807) is 12.1 Å². The van der Waals surface area contributed by atoms with E-state index in [4.69, 9.17) is 16.7 Å². The van der Waals surface area contributed by atoms with E-state index in [1.807, 2.05) is 0 Å². The smallest absolute Gasteiger partial charge is 0.392 e. The Hall–Kier alpha value is -1.00. The first-order chi connectivity index (χ1) is 6.93. The Kier molecular flexibility index (Phi) is 3.77. The number of benzene rings is 1. The molecular formula is C10H8ClF3O. The van der Waals surface area contributed by atoms with Crippen LogP contribution in [0.1, 0.15) is 5.56 Å². The molecule has 0 unspecified atom stereocenters. The lowest BCUT2D eigenvalue weighted by atomic mass is 10.1. The van der Waals surface area contributed by atoms with Crippen LogP contribution in [0.4, 0.5) is 13.2 Å². The quantitative estimate of drug-likeness (QED) is 0.836. The fraction of sp³-hybridized carbons (Fsp3) is 0.200. The summed E-state index contributed by atoms with van der Waals surface area (Å²) < 4.78 is 36.7. The molecule has 1 aromatic rings. The van der Waals surface area contributed by atoms with Crippen LogP contribution in [-0.2, 0) is 0 Å². The molecular weight excluding hydrogens is 229 g/mol. The first-order valence-corrected chi connectivity index (χ1v) is 4.45. The van der Waals surface area contributed by atoms with Crippen molar-refractivity contribution in [1.82, 2.24) is 0 Å². The number of hydrogen-bond acceptors (Lipinski definition) is 1. The van der Waals surface area contributed by atoms with Crippen LogP contribution < -0.4 is 0 Å². The molecule has 0 saturated carbocycles. The summed E-state index contributed by atoms with van der Waals surface area (Å²) >= 11 is 5.61. The van der Waals surface area contributed by atoms with Gasteiger partial charge in [0.05, 0.1) is 12.2 Å². The topological polar surface area (TPSA) is 20.2 Å². The molecule has 0 aromatic heterocycles. The van der Waals surface area contributed by atoms with Crippen molar-refractivity contribution in [2.75, 3.05) is 6.61 Å². The van der Waals surface area contributed by atoms with Gasteiger partial charge in [0.25, 0.3) is 0 Å². The van der Waals surface area contributed by atoms with Crippen LogP contribution in [0, 0.1) is 0 Å². The van der Waals surface area contributed by atoms with Gasteiger partial charge in [-0.15, -0.1) is 0 Å². The lowest BCUT2D eigenvalue weighted by Crippen LogP contribution is -2.14. The SMILES string of the molecule is OC/C(=C\c1cccc(Cl)c1)C(F)(F)F. The Labute approximate surface area is 89.8 Å². The van der Waals surface area contributed by atoms with Gasteiger partial charge in [-0.3, -0.25) is 0 Å². The van der Waals surface area contributed by atoms with Gasteiger partial charge in [0.2, 0.25) is 0 Å². The molecule has 0 amide bonds. The minimum Gasteiger partial charge on any atom is -0.392 e. The highest BCUT2D eigenvalue weighted by molar-refractivity contribution is 6.30. The zero-order valence-corrected chi connectivity index (χ0v) is 8.31. The second-order valence-corrected chi connectivity index (χ2v) is 3.32. The van der Waals surface area contributed by atoms with E-state index in [9.17, 15) is 13.2 Å². The number of alkyl halides is 3. The van der Waals surface area contributed by atoms with Crippen molar-refractivity contribution < 1.29 is 18.3 Å². The lowest BCUT2D eigenvalue weighted by Gasteiger charge is -2.08. The molecule has 82 valence electrons. The third kappa shape index (κ3) is 3.57. The largest absolute Gasteiger partial charge is 0.414 e. The first-order valence-electron chi connectivity index (χ1n) is 4.07. The van der Waals surface area contributed by atoms with Crippen LogP contribution >= 0.6 is 11.6 Å². The van der Waals surface area contributed by atoms with Crippen LogP contribution in [0.3, 0.4) is 0 Å². The zero-order chi connectivity index (χ0) is 11.5. The van der Waals surface area contributed by atoms with Crippen molar-refractivity contribution in [3.05, 3.63) is 40.4 Å². The highest BCUT2D eigenvalue weighted by atomic mass is 35.5. The summed E-state index contributed by atoms with van der Waals surface area (Å²) in [6.07, 6.45) is -3.65. The molecule has 15 heavy (non-hydrogen) atoms. The maximum atomic E-state index is 12.2. The fourth-order valence-corrected chi connectivity index (χ4v) is 1.21. The third-order valence-electron chi connectivity index (χ3n) is 1.72. The highest BCUT2D eigenvalue weighted by Crippen LogP contribution is 2.27. The average Bonchev–Trinajstić information content (AvgIpc) is 2.12. The zero-order valence-electron chi connectivity index (χ0n) is 7.55. The molecule has 0 aliphatic carbocycles. The molecule has 1 rings (SSSR count). The molecule has 1 aromatic carbocycles. The summed E-state index contributed by atoms with van der Waals surface area (Å²) in [5.74, 6) is 0. The van der Waals surface area contributed by atoms with Gasteiger partial charge in [-0.25, -0.2) is 0 Å². The number of rotatable bonds is 2. The van der Waals surface area contributed by atoms with Crippen molar-refractivity contribution in [2.24, 2.45) is 0 Å². The molecule has 1 N–H and O–H groups in total. The van der Waals surface area contributed by atoms with Crippen molar-refractivity contribution in [3.63, 3.8) is 0 Å². The second kappa shape index (κ2) is 4.68. The molecule has 0 bridgehead atoms. The minimum absolute atomic E-state index is 0.309. The van der Waals surface area contributed by atoms with Gasteiger partial charge in [-0.1, -0.05) is 23.7 Å². The van der Waals surface area contributed by atoms with Crippen molar-refractivity contribution in [3.8, 4) is 0 Å². The standard InChI is InChI=1S/C10H8ClF3O/c11-9-3-1-2-7(5-9)4-8(6-15)10(12,13)14/h1-5,15H,6H2/b8-4+. The summed E-state index contributed by atoms with van der Waals surface area (Å²) in [6, 6.07) is 5.97. The lowest BCUT2D eigenvalue weighted by molar-refractivity contribution is -0.0964. The number of aliphatic hydroxyl groups is 1. The van der Waals surface area contributed by atoms with Crippen LogP contribution in [0.15, 0.2) is 29.8 Å². The summed E-state index contributed by atoms with van der Waals surface area (Å²) in [7, 11) is 0. The van der Waals surface area contributed by atoms with E-state index in [-0.39, 0.29) is 0 Å². The van der Waals surface area contributed by atoms with E-state index in [0.717, 1.165) is 6.08 Å². The van der Waals surface area contributed by atoms with Gasteiger partial charge < -0.3 is 5.11 Å². The summed E-state index contributed by atoms with van der Waals surface area (Å²) in [5, 5.41) is 8.92. The molecule has 0 heterocycles. The van der Waals surface area contributed by atoms with Crippen LogP contribution in [-0.4, -0.2) is 17.9 Å². The minimum atomic E-state index is -4.52. The molecule has 0 fully saturated rings. The van der Waals surface area contributed by atoms with E-state index in [1.165, 1.54) is 12.1 Å². The molecule has 0 spiro atoms. The Morgan fingerprint density at radius 1 is 1.40 bits per heavy atom. The molecule has 0 aliphatic rings. The van der Waals surface area contributed by atoms with Gasteiger partial charge in [0.1, 0.15) is 0 Å². The predicted octanol–water partition coefficient (Wildman–Crippen LogP) is 3.28. The summed E-state index contributed by atoms with van der Waals surface area (Å²) in [5.41, 5.74) is -0.686. The van der Waals surface area contributed by atoms with E-state index in [2.05, 4.69) is 0 Å². The predicted molar refractivity (Wildman–Crippen MR) is 52.6 cm³/mol. The van der Waals surface area contributed by atoms with Crippen LogP contribution in [0.25, 0.3) is 6.08 Å². The van der Waals surface area contributed by atoms with Gasteiger partial charge >= 0.3 is 6.18 Å². The third-order valence-corrected chi connectivity index (χ3v) is 1.96. The molecule has 1 nitrogen and oxygen atoms in total. The monoisotopic (exact) mass is 236 g/mol. The van der Waals surface area contributed by atoms with Crippen LogP contribution in [0.5, 0.6) is 0 Å². The second-order valence-electron chi connectivity index (χ2n) is 2.88. The van der Waals surface area contributed by atoms with Crippen LogP contribution in [0.2, 0.25) is 5.02 Å². The fourth-order valence-electron chi connectivity index (χ4n) is 1.01. The van der Waals surface area contributed by atoms with E-state index in [0.29, 0.717) is 10.6 Å². The molecule has 0 radical (unpaired) electrons. The number of hydrogen-bond donors (Lipinski definition) is 1. The highest BCUT2D eigenvalue weighted by Gasteiger charge is 2.32. The molecule has 0 aliphatic heterocycles. The van der Waals surface area contributed by atoms with Gasteiger partial charge in [-0.05, 0) is 23.8 Å². The van der Waals surface area contributed by atoms with E-state index >= 15 is 0 Å². The first kappa shape index (κ1) is 12.1. The Balaban J connectivity index is 3.04. The number of halogens is 4. The maximum Gasteiger partial charge on any atom is 0.414 e. The van der Waals surface area contributed by atoms with Gasteiger partial charge in [0.15, 0.2) is 0 Å². The van der Waals surface area contributed by atoms with Crippen molar-refractivity contribution in [1.29, 1.82) is 0 Å². The van der Waals surface area contributed by atoms with Crippen molar-refractivity contribution >= 4 is 17.7 Å². The van der Waals surface area contributed by atoms with Gasteiger partial charge in [0, 0.05) is 5.02 Å². The summed E-state index contributed by atoms with van der Waals surface area (Å²) in [6.45, 7) is -1.05. The Bertz CT molecular complexity index is 371. The van der Waals surface area contributed by atoms with E-state index < -0.39 is 18.4 Å². The Morgan fingerprint density at radius 3 is 2.53 bits per heavy atom. The summed E-state index contributed by atoms with van der Waals surface area (Å²) in [4.78, 5) is 0. The average molecular weight is 237 g/mol. The Morgan fingerprint density at radius 2 is 2.07 bits per heavy atom.